The summed E-state index contributed by atoms with van der Waals surface area (Å²) in [5, 5.41) is 11.1. The number of aromatic nitrogens is 1. The number of thiazole rings is 1. The number of aryl methyl sites for hydroxylation is 1. The Morgan fingerprint density at radius 3 is 2.46 bits per heavy atom. The van der Waals surface area contributed by atoms with Crippen molar-refractivity contribution in [3.8, 4) is 10.4 Å². The normalized spacial score (nSPS) is 11.7. The molecule has 0 atom stereocenters. The topological polar surface area (TPSA) is 93.4 Å². The lowest BCUT2D eigenvalue weighted by Gasteiger charge is -2.17. The van der Waals surface area contributed by atoms with Gasteiger partial charge in [-0.2, -0.15) is 0 Å². The fourth-order valence-corrected chi connectivity index (χ4v) is 4.75. The average molecular weight is 417 g/mol. The molecule has 28 heavy (non-hydrogen) atoms. The molecule has 0 fully saturated rings. The quantitative estimate of drug-likeness (QED) is 0.430. The molecule has 1 radical (unpaired) electrons. The van der Waals surface area contributed by atoms with Gasteiger partial charge in [0.1, 0.15) is 0 Å². The zero-order chi connectivity index (χ0) is 20.3. The molecule has 1 heterocycles. The highest BCUT2D eigenvalue weighted by atomic mass is 32.2. The van der Waals surface area contributed by atoms with Gasteiger partial charge in [-0.05, 0) is 24.1 Å². The van der Waals surface area contributed by atoms with Crippen LogP contribution in [0.2, 0.25) is 0 Å². The van der Waals surface area contributed by atoms with Crippen molar-refractivity contribution >= 4 is 27.0 Å². The van der Waals surface area contributed by atoms with E-state index < -0.39 is 20.6 Å². The molecule has 0 aliphatic rings. The van der Waals surface area contributed by atoms with E-state index in [2.05, 4.69) is 4.98 Å². The molecule has 9 heteroatoms. The van der Waals surface area contributed by atoms with Crippen molar-refractivity contribution in [3.05, 3.63) is 81.8 Å². The van der Waals surface area contributed by atoms with Crippen molar-refractivity contribution in [2.24, 2.45) is 0 Å². The lowest BCUT2D eigenvalue weighted by Crippen LogP contribution is -2.29. The van der Waals surface area contributed by atoms with Gasteiger partial charge in [0.05, 0.1) is 21.0 Å². The Kier molecular flexibility index (Phi) is 5.87. The summed E-state index contributed by atoms with van der Waals surface area (Å²) in [5.41, 5.74) is 4.25. The van der Waals surface area contributed by atoms with Crippen molar-refractivity contribution in [2.75, 3.05) is 13.6 Å². The van der Waals surface area contributed by atoms with Gasteiger partial charge < -0.3 is 0 Å². The van der Waals surface area contributed by atoms with Crippen LogP contribution in [0.4, 0.5) is 5.69 Å². The monoisotopic (exact) mass is 416 g/mol. The van der Waals surface area contributed by atoms with Crippen molar-refractivity contribution in [1.82, 2.24) is 9.29 Å². The van der Waals surface area contributed by atoms with Crippen LogP contribution in [0.15, 0.2) is 58.9 Å². The highest BCUT2D eigenvalue weighted by Crippen LogP contribution is 2.28. The molecule has 0 aliphatic carbocycles. The number of rotatable bonds is 7. The first-order chi connectivity index (χ1) is 13.3. The molecule has 0 aliphatic heterocycles. The molecule has 0 N–H and O–H groups in total. The Bertz CT molecular complexity index is 1090. The summed E-state index contributed by atoms with van der Waals surface area (Å²) in [4.78, 5) is 15.5. The molecule has 0 saturated carbocycles. The van der Waals surface area contributed by atoms with Crippen molar-refractivity contribution in [3.63, 3.8) is 0 Å². The summed E-state index contributed by atoms with van der Waals surface area (Å²) in [6.07, 6.45) is 1.76. The molecule has 7 nitrogen and oxygen atoms in total. The smallest absolute Gasteiger partial charge is 0.258 e. The van der Waals surface area contributed by atoms with E-state index in [1.165, 1.54) is 31.3 Å². The molecule has 0 bridgehead atoms. The third-order valence-electron chi connectivity index (χ3n) is 4.25. The summed E-state index contributed by atoms with van der Waals surface area (Å²) in [6.45, 7) is 2.04. The van der Waals surface area contributed by atoms with E-state index in [0.29, 0.717) is 0 Å². The van der Waals surface area contributed by atoms with Crippen LogP contribution in [0.5, 0.6) is 0 Å². The van der Waals surface area contributed by atoms with Crippen LogP contribution in [0, 0.1) is 23.5 Å². The minimum atomic E-state index is -3.98. The lowest BCUT2D eigenvalue weighted by molar-refractivity contribution is -0.387. The molecule has 3 rings (SSSR count). The molecule has 2 aromatic carbocycles. The van der Waals surface area contributed by atoms with E-state index in [4.69, 9.17) is 0 Å². The van der Waals surface area contributed by atoms with E-state index in [9.17, 15) is 18.5 Å². The fourth-order valence-electron chi connectivity index (χ4n) is 2.68. The van der Waals surface area contributed by atoms with Gasteiger partial charge in [-0.3, -0.25) is 10.1 Å². The zero-order valence-electron chi connectivity index (χ0n) is 15.3. The number of nitro benzene ring substituents is 1. The second kappa shape index (κ2) is 8.17. The SMILES string of the molecule is Cc1ncsc1-c1ccc([CH]CN(C)S(=O)(=O)c2ccccc2[N+](=O)[O-])cc1. The number of nitrogens with zero attached hydrogens (tertiary/aromatic N) is 3. The zero-order valence-corrected chi connectivity index (χ0v) is 16.9. The van der Waals surface area contributed by atoms with Gasteiger partial charge >= 0.3 is 0 Å². The van der Waals surface area contributed by atoms with Crippen molar-refractivity contribution in [2.45, 2.75) is 11.8 Å². The van der Waals surface area contributed by atoms with Crippen LogP contribution in [0.1, 0.15) is 11.3 Å². The number of likely N-dealkylation sites (N-methyl/N-ethyl adjacent to an activating group) is 1. The minimum Gasteiger partial charge on any atom is -0.258 e. The maximum Gasteiger partial charge on any atom is 0.289 e. The Hall–Kier alpha value is -2.62. The summed E-state index contributed by atoms with van der Waals surface area (Å²) in [5.74, 6) is 0. The minimum absolute atomic E-state index is 0.0906. The first-order valence-corrected chi connectivity index (χ1v) is 10.7. The molecule has 0 amide bonds. The fraction of sp³-hybridized carbons (Fsp3) is 0.158. The van der Waals surface area contributed by atoms with Gasteiger partial charge in [-0.1, -0.05) is 36.4 Å². The maximum atomic E-state index is 12.7. The lowest BCUT2D eigenvalue weighted by atomic mass is 10.1. The van der Waals surface area contributed by atoms with Crippen LogP contribution in [0.3, 0.4) is 0 Å². The van der Waals surface area contributed by atoms with Crippen molar-refractivity contribution < 1.29 is 13.3 Å². The number of benzene rings is 2. The van der Waals surface area contributed by atoms with Crippen LogP contribution < -0.4 is 0 Å². The van der Waals surface area contributed by atoms with Crippen molar-refractivity contribution in [1.29, 1.82) is 0 Å². The van der Waals surface area contributed by atoms with Gasteiger partial charge in [-0.25, -0.2) is 17.7 Å². The van der Waals surface area contributed by atoms with E-state index in [0.717, 1.165) is 26.0 Å². The standard InChI is InChI=1S/C19H18N3O4S2/c1-14-19(27-13-20-14)16-9-7-15(8-10-16)11-12-21(2)28(25,26)18-6-4-3-5-17(18)22(23)24/h3-11,13H,12H2,1-2H3. The Balaban J connectivity index is 1.72. The van der Waals surface area contributed by atoms with Gasteiger partial charge in [0.2, 0.25) is 10.0 Å². The number of hydrogen-bond donors (Lipinski definition) is 0. The van der Waals surface area contributed by atoms with E-state index in [-0.39, 0.29) is 11.4 Å². The van der Waals surface area contributed by atoms with E-state index in [1.54, 1.807) is 23.3 Å². The second-order valence-corrected chi connectivity index (χ2v) is 8.97. The van der Waals surface area contributed by atoms with E-state index >= 15 is 0 Å². The number of nitro groups is 1. The highest BCUT2D eigenvalue weighted by molar-refractivity contribution is 7.89. The molecule has 145 valence electrons. The number of para-hydroxylation sites is 1. The van der Waals surface area contributed by atoms with Gasteiger partial charge in [-0.15, -0.1) is 11.3 Å². The molecular weight excluding hydrogens is 398 g/mol. The Morgan fingerprint density at radius 1 is 1.18 bits per heavy atom. The molecular formula is C19H18N3O4S2. The third kappa shape index (κ3) is 4.11. The summed E-state index contributed by atoms with van der Waals surface area (Å²) >= 11 is 1.57. The Labute approximate surface area is 167 Å². The molecule has 3 aromatic rings. The van der Waals surface area contributed by atoms with Crippen LogP contribution in [0.25, 0.3) is 10.4 Å². The summed E-state index contributed by atoms with van der Waals surface area (Å²) < 4.78 is 26.5. The van der Waals surface area contributed by atoms with Crippen LogP contribution in [-0.2, 0) is 10.0 Å². The Morgan fingerprint density at radius 2 is 1.86 bits per heavy atom. The first kappa shape index (κ1) is 20.1. The number of hydrogen-bond acceptors (Lipinski definition) is 6. The predicted octanol–water partition coefficient (Wildman–Crippen LogP) is 3.90. The van der Waals surface area contributed by atoms with Gasteiger partial charge in [0.25, 0.3) is 5.69 Å². The number of sulfonamides is 1. The average Bonchev–Trinajstić information content (AvgIpc) is 3.12. The molecule has 0 unspecified atom stereocenters. The summed E-state index contributed by atoms with van der Waals surface area (Å²) in [6, 6.07) is 13.1. The van der Waals surface area contributed by atoms with Crippen LogP contribution >= 0.6 is 11.3 Å². The molecule has 1 aromatic heterocycles. The maximum absolute atomic E-state index is 12.7. The summed E-state index contributed by atoms with van der Waals surface area (Å²) in [7, 11) is -2.58. The van der Waals surface area contributed by atoms with Gasteiger partial charge in [0, 0.05) is 26.1 Å². The third-order valence-corrected chi connectivity index (χ3v) is 7.10. The first-order valence-electron chi connectivity index (χ1n) is 8.34. The van der Waals surface area contributed by atoms with Gasteiger partial charge in [0.15, 0.2) is 4.90 Å². The largest absolute Gasteiger partial charge is 0.289 e. The van der Waals surface area contributed by atoms with Crippen LogP contribution in [-0.4, -0.2) is 36.2 Å². The molecule has 0 spiro atoms. The molecule has 0 saturated heterocycles. The highest BCUT2D eigenvalue weighted by Gasteiger charge is 2.28. The second-order valence-electron chi connectivity index (χ2n) is 6.10. The predicted molar refractivity (Wildman–Crippen MR) is 109 cm³/mol. The van der Waals surface area contributed by atoms with E-state index in [1.807, 2.05) is 31.2 Å².